The minimum atomic E-state index is -8.06. The number of esters is 4. The second-order valence-electron chi connectivity index (χ2n) is 18.0. The molecule has 4 rings (SSSR count). The molecule has 2 atom stereocenters. The Morgan fingerprint density at radius 2 is 0.800 bits per heavy atom. The summed E-state index contributed by atoms with van der Waals surface area (Å²) in [6, 6.07) is 19.1. The van der Waals surface area contributed by atoms with Gasteiger partial charge in [0.05, 0.1) is 43.1 Å². The molecule has 0 bridgehead atoms. The average Bonchev–Trinajstić information content (AvgIpc) is 1.17. The van der Waals surface area contributed by atoms with E-state index in [1.807, 2.05) is 20.8 Å². The Bertz CT molecular complexity index is 2780. The summed E-state index contributed by atoms with van der Waals surface area (Å²) in [5, 5.41) is 0. The summed E-state index contributed by atoms with van der Waals surface area (Å²) >= 11 is 0. The molecule has 4 aromatic rings. The third-order valence-corrected chi connectivity index (χ3v) is 11.3. The second-order valence-corrected chi connectivity index (χ2v) is 18.0. The monoisotopic (exact) mass is 1250 g/mol. The van der Waals surface area contributed by atoms with Crippen molar-refractivity contribution in [3.8, 4) is 40.2 Å². The van der Waals surface area contributed by atoms with Crippen LogP contribution in [0.4, 0.5) is 74.6 Å². The van der Waals surface area contributed by atoms with Crippen molar-refractivity contribution in [1.29, 1.82) is 0 Å². The topological polar surface area (TPSA) is 161 Å². The van der Waals surface area contributed by atoms with Crippen molar-refractivity contribution in [2.24, 2.45) is 0 Å². The summed E-state index contributed by atoms with van der Waals surface area (Å²) in [6.45, 7) is 3.84. The van der Waals surface area contributed by atoms with Crippen LogP contribution in [-0.2, 0) is 19.0 Å². The summed E-state index contributed by atoms with van der Waals surface area (Å²) in [4.78, 5) is 51.2. The highest BCUT2D eigenvalue weighted by atomic mass is 19.4. The fourth-order valence-corrected chi connectivity index (χ4v) is 6.55. The van der Waals surface area contributed by atoms with Gasteiger partial charge in [0.2, 0.25) is 5.75 Å². The summed E-state index contributed by atoms with van der Waals surface area (Å²) in [6.07, 6.45) is -35.0. The molecule has 85 heavy (non-hydrogen) atoms. The molecule has 14 nitrogen and oxygen atoms in total. The van der Waals surface area contributed by atoms with Crippen LogP contribution in [0.5, 0.6) is 40.2 Å². The first-order valence-electron chi connectivity index (χ1n) is 25.5. The zero-order valence-electron chi connectivity index (χ0n) is 44.8. The number of halogens is 17. The average molecular weight is 1250 g/mol. The van der Waals surface area contributed by atoms with Crippen LogP contribution < -0.4 is 33.2 Å². The number of carbonyl (C=O) groups excluding carboxylic acids is 4. The van der Waals surface area contributed by atoms with E-state index in [0.717, 1.165) is 38.5 Å². The Morgan fingerprint density at radius 3 is 1.21 bits per heavy atom. The Kier molecular flexibility index (Phi) is 24.5. The standard InChI is InChI=1S/C54H53F17O14/c1-4-7-26-77-40-30-35(31-41(78-27-8-5-2)43(40)79-28-9-6-3)46(75)83-37-20-16-34(17-21-37)45(74)82-39-24-22-38(23-25-39)81-44(73)33-14-18-36(19-15-33)76-29-12-10-11-13-42(72)80-32-47(55,50(59,60)61)84-54(70,71)49(58,52(65,66)67)85-53(68,69)48(56,57)51(62,63)64/h14-25,30-31H,4-13,26-29,32H2,1-3H3. The minimum absolute atomic E-state index is 0.0185. The second kappa shape index (κ2) is 29.7. The number of hydrogen-bond acceptors (Lipinski definition) is 14. The maximum atomic E-state index is 14.7. The Labute approximate surface area is 472 Å². The lowest BCUT2D eigenvalue weighted by atomic mass is 10.1. The van der Waals surface area contributed by atoms with E-state index in [2.05, 4.69) is 9.47 Å². The molecule has 0 aliphatic heterocycles. The fraction of sp³-hybridized carbons (Fsp3) is 0.481. The Balaban J connectivity index is 1.24. The Morgan fingerprint density at radius 1 is 0.400 bits per heavy atom. The molecule has 472 valence electrons. The van der Waals surface area contributed by atoms with Crippen LogP contribution in [0.2, 0.25) is 0 Å². The molecule has 0 spiro atoms. The van der Waals surface area contributed by atoms with E-state index in [1.54, 1.807) is 0 Å². The molecule has 0 aliphatic rings. The van der Waals surface area contributed by atoms with Gasteiger partial charge in [0, 0.05) is 6.42 Å². The first kappa shape index (κ1) is 70.2. The smallest absolute Gasteiger partial charge is 0.462 e. The maximum Gasteiger partial charge on any atom is 0.462 e. The predicted molar refractivity (Wildman–Crippen MR) is 260 cm³/mol. The highest BCUT2D eigenvalue weighted by Crippen LogP contribution is 2.56. The third-order valence-electron chi connectivity index (χ3n) is 11.3. The first-order chi connectivity index (χ1) is 39.5. The predicted octanol–water partition coefficient (Wildman–Crippen LogP) is 15.2. The van der Waals surface area contributed by atoms with Gasteiger partial charge in [-0.25, -0.2) is 14.4 Å². The molecule has 0 saturated heterocycles. The van der Waals surface area contributed by atoms with Crippen molar-refractivity contribution in [2.45, 2.75) is 133 Å². The van der Waals surface area contributed by atoms with Crippen molar-refractivity contribution < 1.29 is 141 Å². The lowest BCUT2D eigenvalue weighted by Crippen LogP contribution is -2.67. The number of rotatable bonds is 33. The summed E-state index contributed by atoms with van der Waals surface area (Å²) in [5.41, 5.74) is 0.246. The minimum Gasteiger partial charge on any atom is -0.494 e. The van der Waals surface area contributed by atoms with Crippen LogP contribution in [0.3, 0.4) is 0 Å². The SMILES string of the molecule is CCCCOc1cc(C(=O)Oc2ccc(C(=O)Oc3ccc(OC(=O)c4ccc(OCCCCCC(=O)OCC(F)(OC(F)(F)C(F)(OC(F)(F)C(F)(F)C(F)(F)F)C(F)(F)F)C(F)(F)F)cc4)cc3)cc2)cc(OCCCC)c1OCCCC. The number of ether oxygens (including phenoxy) is 10. The van der Waals surface area contributed by atoms with Crippen LogP contribution >= 0.6 is 0 Å². The molecule has 0 radical (unpaired) electrons. The van der Waals surface area contributed by atoms with Gasteiger partial charge in [-0.15, -0.1) is 0 Å². The van der Waals surface area contributed by atoms with Crippen LogP contribution in [0.15, 0.2) is 84.9 Å². The van der Waals surface area contributed by atoms with E-state index in [4.69, 9.17) is 33.2 Å². The summed E-state index contributed by atoms with van der Waals surface area (Å²) in [7, 11) is 0. The number of benzene rings is 4. The van der Waals surface area contributed by atoms with Gasteiger partial charge in [0.15, 0.2) is 18.1 Å². The molecular weight excluding hydrogens is 1200 g/mol. The van der Waals surface area contributed by atoms with E-state index >= 15 is 0 Å². The molecule has 0 N–H and O–H groups in total. The van der Waals surface area contributed by atoms with Gasteiger partial charge in [-0.1, -0.05) is 40.0 Å². The highest BCUT2D eigenvalue weighted by molar-refractivity contribution is 5.94. The van der Waals surface area contributed by atoms with Crippen molar-refractivity contribution in [1.82, 2.24) is 0 Å². The summed E-state index contributed by atoms with van der Waals surface area (Å²) in [5.74, 6) is -25.3. The first-order valence-corrected chi connectivity index (χ1v) is 25.5. The quantitative estimate of drug-likeness (QED) is 0.0192. The molecule has 0 amide bonds. The fourth-order valence-electron chi connectivity index (χ4n) is 6.55. The number of unbranched alkanes of at least 4 members (excludes halogenated alkanes) is 5. The number of carbonyl (C=O) groups is 4. The van der Waals surface area contributed by atoms with Gasteiger partial charge in [0.1, 0.15) is 23.0 Å². The van der Waals surface area contributed by atoms with E-state index in [9.17, 15) is 93.8 Å². The van der Waals surface area contributed by atoms with Crippen molar-refractivity contribution in [2.75, 3.05) is 33.0 Å². The van der Waals surface area contributed by atoms with Crippen molar-refractivity contribution in [3.63, 3.8) is 0 Å². The molecule has 4 aromatic carbocycles. The maximum absolute atomic E-state index is 14.7. The molecule has 2 unspecified atom stereocenters. The highest BCUT2D eigenvalue weighted by Gasteiger charge is 2.85. The van der Waals surface area contributed by atoms with Gasteiger partial charge in [-0.05, 0) is 123 Å². The summed E-state index contributed by atoms with van der Waals surface area (Å²) < 4.78 is 275. The van der Waals surface area contributed by atoms with Crippen molar-refractivity contribution in [3.05, 3.63) is 102 Å². The largest absolute Gasteiger partial charge is 0.494 e. The molecule has 0 heterocycles. The Hall–Kier alpha value is -7.31. The molecule has 0 aromatic heterocycles. The van der Waals surface area contributed by atoms with Crippen LogP contribution in [-0.4, -0.2) is 105 Å². The molecule has 0 saturated carbocycles. The molecule has 0 fully saturated rings. The van der Waals surface area contributed by atoms with E-state index < -0.39 is 85.3 Å². The van der Waals surface area contributed by atoms with Gasteiger partial charge < -0.3 is 37.9 Å². The van der Waals surface area contributed by atoms with Crippen LogP contribution in [0.25, 0.3) is 0 Å². The third kappa shape index (κ3) is 19.1. The zero-order chi connectivity index (χ0) is 63.7. The van der Waals surface area contributed by atoms with E-state index in [1.165, 1.54) is 89.7 Å². The molecule has 31 heteroatoms. The lowest BCUT2D eigenvalue weighted by Gasteiger charge is -2.40. The molecular formula is C54H53F17O14. The van der Waals surface area contributed by atoms with Gasteiger partial charge in [-0.2, -0.15) is 74.6 Å². The van der Waals surface area contributed by atoms with Gasteiger partial charge in [-0.3, -0.25) is 14.3 Å². The normalized spacial score (nSPS) is 13.9. The number of hydrogen-bond donors (Lipinski definition) is 0. The van der Waals surface area contributed by atoms with E-state index in [-0.39, 0.29) is 65.6 Å². The van der Waals surface area contributed by atoms with Gasteiger partial charge in [0.25, 0.3) is 0 Å². The van der Waals surface area contributed by atoms with Crippen molar-refractivity contribution >= 4 is 23.9 Å². The molecule has 0 aliphatic carbocycles. The van der Waals surface area contributed by atoms with Gasteiger partial charge >= 0.3 is 72.3 Å². The zero-order valence-corrected chi connectivity index (χ0v) is 44.8. The number of alkyl halides is 17. The lowest BCUT2D eigenvalue weighted by molar-refractivity contribution is -0.552. The van der Waals surface area contributed by atoms with E-state index in [0.29, 0.717) is 37.1 Å². The van der Waals surface area contributed by atoms with Crippen LogP contribution in [0, 0.1) is 0 Å². The van der Waals surface area contributed by atoms with Crippen LogP contribution in [0.1, 0.15) is 116 Å².